The van der Waals surface area contributed by atoms with Crippen LogP contribution in [0.5, 0.6) is 5.75 Å². The summed E-state index contributed by atoms with van der Waals surface area (Å²) in [5.41, 5.74) is 0. The molecule has 0 saturated carbocycles. The van der Waals surface area contributed by atoms with Crippen LogP contribution < -0.4 is 4.74 Å². The zero-order valence-electron chi connectivity index (χ0n) is 9.10. The minimum Gasteiger partial charge on any atom is -0.496 e. The fourth-order valence-corrected chi connectivity index (χ4v) is 2.19. The van der Waals surface area contributed by atoms with E-state index in [4.69, 9.17) is 4.74 Å². The zero-order valence-corrected chi connectivity index (χ0v) is 9.10. The quantitative estimate of drug-likeness (QED) is 0.549. The van der Waals surface area contributed by atoms with Gasteiger partial charge in [-0.15, -0.1) is 0 Å². The number of fused-ring (bicyclic) bond motifs is 3. The van der Waals surface area contributed by atoms with Crippen molar-refractivity contribution in [1.29, 1.82) is 0 Å². The summed E-state index contributed by atoms with van der Waals surface area (Å²) in [4.78, 5) is 0. The van der Waals surface area contributed by atoms with E-state index >= 15 is 0 Å². The lowest BCUT2D eigenvalue weighted by Crippen LogP contribution is -1.86. The van der Waals surface area contributed by atoms with Gasteiger partial charge in [0.2, 0.25) is 0 Å². The molecule has 0 heterocycles. The molecule has 0 bridgehead atoms. The van der Waals surface area contributed by atoms with Gasteiger partial charge in [-0.25, -0.2) is 0 Å². The highest BCUT2D eigenvalue weighted by Crippen LogP contribution is 2.32. The molecule has 3 aromatic rings. The fourth-order valence-electron chi connectivity index (χ4n) is 2.19. The van der Waals surface area contributed by atoms with Crippen LogP contribution >= 0.6 is 0 Å². The van der Waals surface area contributed by atoms with E-state index < -0.39 is 0 Å². The van der Waals surface area contributed by atoms with Crippen molar-refractivity contribution in [1.82, 2.24) is 0 Å². The van der Waals surface area contributed by atoms with Crippen molar-refractivity contribution in [2.45, 2.75) is 0 Å². The van der Waals surface area contributed by atoms with E-state index in [1.807, 2.05) is 6.07 Å². The number of ether oxygens (including phenoxy) is 1. The van der Waals surface area contributed by atoms with E-state index in [0.717, 1.165) is 5.75 Å². The molecule has 3 aromatic carbocycles. The van der Waals surface area contributed by atoms with Crippen molar-refractivity contribution >= 4 is 21.5 Å². The Morgan fingerprint density at radius 3 is 2.12 bits per heavy atom. The van der Waals surface area contributed by atoms with Crippen LogP contribution in [0, 0.1) is 0 Å². The van der Waals surface area contributed by atoms with E-state index in [1.165, 1.54) is 21.5 Å². The molecule has 0 N–H and O–H groups in total. The molecule has 0 amide bonds. The first-order valence-electron chi connectivity index (χ1n) is 5.34. The molecule has 0 aliphatic rings. The van der Waals surface area contributed by atoms with Gasteiger partial charge in [0.15, 0.2) is 0 Å². The van der Waals surface area contributed by atoms with Gasteiger partial charge >= 0.3 is 0 Å². The van der Waals surface area contributed by atoms with Crippen LogP contribution in [0.15, 0.2) is 54.6 Å². The minimum absolute atomic E-state index is 0.939. The topological polar surface area (TPSA) is 9.23 Å². The van der Waals surface area contributed by atoms with Crippen LogP contribution in [0.2, 0.25) is 0 Å². The second kappa shape index (κ2) is 3.53. The lowest BCUT2D eigenvalue weighted by Gasteiger charge is -2.08. The van der Waals surface area contributed by atoms with Crippen LogP contribution in [-0.4, -0.2) is 7.11 Å². The summed E-state index contributed by atoms with van der Waals surface area (Å²) in [6.45, 7) is 0. The summed E-state index contributed by atoms with van der Waals surface area (Å²) in [6, 6.07) is 18.8. The van der Waals surface area contributed by atoms with Gasteiger partial charge < -0.3 is 4.74 Å². The van der Waals surface area contributed by atoms with Crippen molar-refractivity contribution in [3.8, 4) is 5.75 Å². The second-order valence-electron chi connectivity index (χ2n) is 3.85. The molecule has 0 radical (unpaired) electrons. The monoisotopic (exact) mass is 208 g/mol. The maximum Gasteiger partial charge on any atom is 0.127 e. The molecule has 1 nitrogen and oxygen atoms in total. The van der Waals surface area contributed by atoms with Gasteiger partial charge in [-0.2, -0.15) is 0 Å². The predicted octanol–water partition coefficient (Wildman–Crippen LogP) is 4.00. The lowest BCUT2D eigenvalue weighted by atomic mass is 10.0. The molecule has 0 aliphatic heterocycles. The number of methoxy groups -OCH3 is 1. The van der Waals surface area contributed by atoms with Crippen molar-refractivity contribution in [3.63, 3.8) is 0 Å². The average Bonchev–Trinajstić information content (AvgIpc) is 2.38. The van der Waals surface area contributed by atoms with Gasteiger partial charge in [0.05, 0.1) is 7.11 Å². The van der Waals surface area contributed by atoms with Crippen LogP contribution in [0.1, 0.15) is 0 Å². The summed E-state index contributed by atoms with van der Waals surface area (Å²) in [7, 11) is 1.72. The van der Waals surface area contributed by atoms with Crippen molar-refractivity contribution in [2.24, 2.45) is 0 Å². The van der Waals surface area contributed by atoms with Gasteiger partial charge in [0.25, 0.3) is 0 Å². The number of benzene rings is 3. The Bertz CT molecular complexity index is 656. The van der Waals surface area contributed by atoms with Gasteiger partial charge in [0.1, 0.15) is 5.75 Å². The van der Waals surface area contributed by atoms with E-state index in [-0.39, 0.29) is 0 Å². The molecule has 1 heteroatoms. The molecule has 0 unspecified atom stereocenters. The molecular weight excluding hydrogens is 196 g/mol. The Morgan fingerprint density at radius 2 is 1.38 bits per heavy atom. The Kier molecular flexibility index (Phi) is 2.03. The van der Waals surface area contributed by atoms with E-state index in [0.29, 0.717) is 0 Å². The summed E-state index contributed by atoms with van der Waals surface area (Å²) >= 11 is 0. The fraction of sp³-hybridized carbons (Fsp3) is 0.0667. The summed E-state index contributed by atoms with van der Waals surface area (Å²) in [5, 5.41) is 4.91. The van der Waals surface area contributed by atoms with Gasteiger partial charge in [-0.1, -0.05) is 48.5 Å². The Hall–Kier alpha value is -2.02. The van der Waals surface area contributed by atoms with Crippen LogP contribution in [-0.2, 0) is 0 Å². The van der Waals surface area contributed by atoms with E-state index in [2.05, 4.69) is 48.5 Å². The molecule has 0 spiro atoms. The highest BCUT2D eigenvalue weighted by atomic mass is 16.5. The largest absolute Gasteiger partial charge is 0.496 e. The molecule has 78 valence electrons. The van der Waals surface area contributed by atoms with Crippen molar-refractivity contribution in [3.05, 3.63) is 54.6 Å². The van der Waals surface area contributed by atoms with Crippen LogP contribution in [0.25, 0.3) is 21.5 Å². The maximum atomic E-state index is 5.44. The smallest absolute Gasteiger partial charge is 0.127 e. The molecule has 0 aliphatic carbocycles. The predicted molar refractivity (Wildman–Crippen MR) is 68.0 cm³/mol. The zero-order chi connectivity index (χ0) is 11.0. The van der Waals surface area contributed by atoms with Crippen molar-refractivity contribution in [2.75, 3.05) is 7.11 Å². The lowest BCUT2D eigenvalue weighted by molar-refractivity contribution is 0.420. The maximum absolute atomic E-state index is 5.44. The van der Waals surface area contributed by atoms with Crippen LogP contribution in [0.4, 0.5) is 0 Å². The third-order valence-electron chi connectivity index (χ3n) is 2.95. The molecule has 0 fully saturated rings. The van der Waals surface area contributed by atoms with Gasteiger partial charge in [-0.05, 0) is 22.2 Å². The van der Waals surface area contributed by atoms with Crippen molar-refractivity contribution < 1.29 is 4.74 Å². The summed E-state index contributed by atoms with van der Waals surface area (Å²) in [6.07, 6.45) is 0. The Labute approximate surface area is 94.3 Å². The third kappa shape index (κ3) is 1.25. The normalized spacial score (nSPS) is 10.8. The van der Waals surface area contributed by atoms with E-state index in [1.54, 1.807) is 7.11 Å². The Morgan fingerprint density at radius 1 is 0.750 bits per heavy atom. The number of hydrogen-bond donors (Lipinski definition) is 0. The van der Waals surface area contributed by atoms with Gasteiger partial charge in [0, 0.05) is 5.39 Å². The summed E-state index contributed by atoms with van der Waals surface area (Å²) in [5.74, 6) is 0.939. The number of rotatable bonds is 1. The molecule has 16 heavy (non-hydrogen) atoms. The molecule has 0 atom stereocenters. The highest BCUT2D eigenvalue weighted by molar-refractivity contribution is 6.10. The van der Waals surface area contributed by atoms with E-state index in [9.17, 15) is 0 Å². The molecular formula is C15H12O. The average molecular weight is 208 g/mol. The first-order chi connectivity index (χ1) is 7.90. The highest BCUT2D eigenvalue weighted by Gasteiger charge is 2.05. The first-order valence-corrected chi connectivity index (χ1v) is 5.34. The minimum atomic E-state index is 0.939. The standard InChI is InChI=1S/C15H12O/c1-16-15-10-11-6-2-3-7-12(11)13-8-4-5-9-14(13)15/h2-10H,1H3. The van der Waals surface area contributed by atoms with Crippen LogP contribution in [0.3, 0.4) is 0 Å². The van der Waals surface area contributed by atoms with Gasteiger partial charge in [-0.3, -0.25) is 0 Å². The number of hydrogen-bond acceptors (Lipinski definition) is 1. The molecule has 0 aromatic heterocycles. The summed E-state index contributed by atoms with van der Waals surface area (Å²) < 4.78 is 5.44. The Balaban J connectivity index is 2.57. The third-order valence-corrected chi connectivity index (χ3v) is 2.95. The second-order valence-corrected chi connectivity index (χ2v) is 3.85. The molecule has 3 rings (SSSR count). The molecule has 0 saturated heterocycles. The first kappa shape index (κ1) is 9.22. The SMILES string of the molecule is COc1cc2ccccc2c2ccccc12.